The maximum atomic E-state index is 12.9. The molecule has 0 aliphatic carbocycles. The minimum atomic E-state index is -0.513. The Hall–Kier alpha value is -2.82. The van der Waals surface area contributed by atoms with Crippen LogP contribution in [-0.4, -0.2) is 40.5 Å². The van der Waals surface area contributed by atoms with Crippen LogP contribution in [0, 0.1) is 0 Å². The molecular weight excluding hydrogens is 304 g/mol. The molecule has 5 heteroatoms. The molecule has 4 rings (SSSR count). The number of carbonyl (C=O) groups is 2. The molecule has 24 heavy (non-hydrogen) atoms. The number of benzene rings is 2. The molecule has 2 aliphatic rings. The van der Waals surface area contributed by atoms with Crippen molar-refractivity contribution >= 4 is 12.0 Å². The van der Waals surface area contributed by atoms with E-state index in [-0.39, 0.29) is 24.6 Å². The Bertz CT molecular complexity index is 748. The van der Waals surface area contributed by atoms with Gasteiger partial charge in [-0.3, -0.25) is 0 Å². The molecule has 2 aromatic rings. The summed E-state index contributed by atoms with van der Waals surface area (Å²) in [7, 11) is 0. The Morgan fingerprint density at radius 3 is 1.96 bits per heavy atom. The Morgan fingerprint density at radius 2 is 1.38 bits per heavy atom. The van der Waals surface area contributed by atoms with Crippen molar-refractivity contribution in [2.24, 2.45) is 0 Å². The highest BCUT2D eigenvalue weighted by molar-refractivity contribution is 5.90. The molecule has 0 N–H and O–H groups in total. The summed E-state index contributed by atoms with van der Waals surface area (Å²) in [5, 5.41) is 0. The Balaban J connectivity index is 1.60. The fourth-order valence-corrected chi connectivity index (χ4v) is 3.43. The van der Waals surface area contributed by atoms with Gasteiger partial charge in [-0.25, -0.2) is 9.59 Å². The molecule has 2 heterocycles. The zero-order valence-electron chi connectivity index (χ0n) is 13.2. The van der Waals surface area contributed by atoms with E-state index >= 15 is 0 Å². The van der Waals surface area contributed by atoms with E-state index in [2.05, 4.69) is 0 Å². The van der Waals surface area contributed by atoms with Crippen LogP contribution in [0.2, 0.25) is 0 Å². The summed E-state index contributed by atoms with van der Waals surface area (Å²) >= 11 is 0. The monoisotopic (exact) mass is 322 g/mol. The molecule has 2 aromatic carbocycles. The number of cyclic esters (lactones) is 1. The molecule has 0 spiro atoms. The van der Waals surface area contributed by atoms with Gasteiger partial charge in [-0.05, 0) is 11.1 Å². The van der Waals surface area contributed by atoms with Gasteiger partial charge in [0, 0.05) is 13.1 Å². The Labute approximate surface area is 140 Å². The predicted octanol–water partition coefficient (Wildman–Crippen LogP) is 2.42. The lowest BCUT2D eigenvalue weighted by Gasteiger charge is -2.22. The number of nitrogens with zero attached hydrogens (tertiary/aromatic N) is 2. The number of hydrogen-bond acceptors (Lipinski definition) is 3. The van der Waals surface area contributed by atoms with Gasteiger partial charge in [0.15, 0.2) is 6.04 Å². The number of amides is 2. The topological polar surface area (TPSA) is 49.9 Å². The van der Waals surface area contributed by atoms with Crippen molar-refractivity contribution in [3.63, 3.8) is 0 Å². The first-order chi connectivity index (χ1) is 11.7. The van der Waals surface area contributed by atoms with Crippen molar-refractivity contribution < 1.29 is 14.3 Å². The maximum absolute atomic E-state index is 12.9. The molecule has 0 saturated carbocycles. The second-order valence-corrected chi connectivity index (χ2v) is 6.15. The normalized spacial score (nSPS) is 22.7. The molecule has 5 nitrogen and oxygen atoms in total. The fourth-order valence-electron chi connectivity index (χ4n) is 3.43. The van der Waals surface area contributed by atoms with Crippen LogP contribution in [0.4, 0.5) is 4.79 Å². The van der Waals surface area contributed by atoms with E-state index in [1.54, 1.807) is 9.80 Å². The average molecular weight is 322 g/mol. The predicted molar refractivity (Wildman–Crippen MR) is 87.9 cm³/mol. The second-order valence-electron chi connectivity index (χ2n) is 6.15. The number of ether oxygens (including phenoxy) is 1. The lowest BCUT2D eigenvalue weighted by atomic mass is 10.1. The van der Waals surface area contributed by atoms with Crippen molar-refractivity contribution in [3.8, 4) is 0 Å². The largest absolute Gasteiger partial charge is 0.462 e. The minimum absolute atomic E-state index is 0.102. The number of hydrogen-bond donors (Lipinski definition) is 0. The first-order valence-electron chi connectivity index (χ1n) is 8.06. The molecule has 2 atom stereocenters. The molecule has 0 radical (unpaired) electrons. The lowest BCUT2D eigenvalue weighted by molar-refractivity contribution is -0.141. The molecule has 2 fully saturated rings. The molecule has 2 aliphatic heterocycles. The van der Waals surface area contributed by atoms with Crippen LogP contribution in [0.3, 0.4) is 0 Å². The molecule has 2 saturated heterocycles. The van der Waals surface area contributed by atoms with Gasteiger partial charge >= 0.3 is 12.0 Å². The van der Waals surface area contributed by atoms with Crippen LogP contribution >= 0.6 is 0 Å². The summed E-state index contributed by atoms with van der Waals surface area (Å²) in [5.74, 6) is -0.306. The highest BCUT2D eigenvalue weighted by Gasteiger charge is 2.54. The zero-order valence-corrected chi connectivity index (χ0v) is 13.2. The summed E-state index contributed by atoms with van der Waals surface area (Å²) in [6.45, 7) is 1.18. The van der Waals surface area contributed by atoms with Gasteiger partial charge in [0.2, 0.25) is 0 Å². The van der Waals surface area contributed by atoms with Crippen LogP contribution in [0.25, 0.3) is 0 Å². The van der Waals surface area contributed by atoms with Crippen LogP contribution in [-0.2, 0) is 22.6 Å². The quantitative estimate of drug-likeness (QED) is 0.812. The number of carbonyl (C=O) groups excluding carboxylic acids is 2. The van der Waals surface area contributed by atoms with Gasteiger partial charge in [-0.2, -0.15) is 0 Å². The van der Waals surface area contributed by atoms with E-state index < -0.39 is 6.04 Å². The average Bonchev–Trinajstić information content (AvgIpc) is 3.11. The van der Waals surface area contributed by atoms with E-state index in [9.17, 15) is 9.59 Å². The van der Waals surface area contributed by atoms with E-state index in [0.29, 0.717) is 13.1 Å². The third-order valence-electron chi connectivity index (χ3n) is 4.62. The van der Waals surface area contributed by atoms with E-state index in [1.807, 2.05) is 60.7 Å². The van der Waals surface area contributed by atoms with Crippen LogP contribution in [0.1, 0.15) is 11.1 Å². The molecule has 0 unspecified atom stereocenters. The fraction of sp³-hybridized carbons (Fsp3) is 0.263. The third-order valence-corrected chi connectivity index (χ3v) is 4.62. The van der Waals surface area contributed by atoms with Gasteiger partial charge in [0.1, 0.15) is 6.61 Å². The molecule has 0 aromatic heterocycles. The summed E-state index contributed by atoms with van der Waals surface area (Å²) in [6, 6.07) is 18.7. The van der Waals surface area contributed by atoms with Crippen molar-refractivity contribution in [1.82, 2.24) is 9.80 Å². The highest BCUT2D eigenvalue weighted by Crippen LogP contribution is 2.31. The van der Waals surface area contributed by atoms with E-state index in [1.165, 1.54) is 0 Å². The molecule has 2 amide bonds. The first kappa shape index (κ1) is 14.8. The lowest BCUT2D eigenvalue weighted by Crippen LogP contribution is -2.38. The maximum Gasteiger partial charge on any atom is 0.331 e. The van der Waals surface area contributed by atoms with Crippen molar-refractivity contribution in [2.45, 2.75) is 25.2 Å². The van der Waals surface area contributed by atoms with Crippen molar-refractivity contribution in [1.29, 1.82) is 0 Å². The van der Waals surface area contributed by atoms with Gasteiger partial charge in [0.25, 0.3) is 0 Å². The van der Waals surface area contributed by atoms with Crippen molar-refractivity contribution in [2.75, 3.05) is 6.61 Å². The van der Waals surface area contributed by atoms with Gasteiger partial charge in [-0.1, -0.05) is 60.7 Å². The van der Waals surface area contributed by atoms with Gasteiger partial charge < -0.3 is 14.5 Å². The SMILES string of the molecule is O=C1OC[C@@H]2[C@H]1N(Cc1ccccc1)C(=O)N2Cc1ccccc1. The standard InChI is InChI=1S/C19H18N2O3/c22-18-17-16(13-24-18)20(11-14-7-3-1-4-8-14)19(23)21(17)12-15-9-5-2-6-10-15/h1-10,16-17H,11-13H2/t16-,17-/m1/s1. The smallest absolute Gasteiger partial charge is 0.331 e. The minimum Gasteiger partial charge on any atom is -0.462 e. The third kappa shape index (κ3) is 2.52. The number of rotatable bonds is 4. The summed E-state index contributed by atoms with van der Waals surface area (Å²) in [5.41, 5.74) is 2.05. The van der Waals surface area contributed by atoms with Crippen LogP contribution in [0.5, 0.6) is 0 Å². The van der Waals surface area contributed by atoms with E-state index in [4.69, 9.17) is 4.74 Å². The number of esters is 1. The Kier molecular flexibility index (Phi) is 3.69. The number of fused-ring (bicyclic) bond motifs is 1. The van der Waals surface area contributed by atoms with Gasteiger partial charge in [-0.15, -0.1) is 0 Å². The highest BCUT2D eigenvalue weighted by atomic mass is 16.5. The zero-order chi connectivity index (χ0) is 16.5. The summed E-state index contributed by atoms with van der Waals surface area (Å²) in [4.78, 5) is 28.5. The second kappa shape index (κ2) is 6.00. The first-order valence-corrected chi connectivity index (χ1v) is 8.06. The van der Waals surface area contributed by atoms with E-state index in [0.717, 1.165) is 11.1 Å². The van der Waals surface area contributed by atoms with Gasteiger partial charge in [0.05, 0.1) is 6.04 Å². The van der Waals surface area contributed by atoms with Crippen molar-refractivity contribution in [3.05, 3.63) is 71.8 Å². The molecular formula is C19H18N2O3. The Morgan fingerprint density at radius 1 is 0.833 bits per heavy atom. The summed E-state index contributed by atoms with van der Waals surface area (Å²) in [6.07, 6.45) is 0. The van der Waals surface area contributed by atoms with Crippen LogP contribution < -0.4 is 0 Å². The summed E-state index contributed by atoms with van der Waals surface area (Å²) < 4.78 is 5.23. The number of urea groups is 1. The van der Waals surface area contributed by atoms with Crippen LogP contribution in [0.15, 0.2) is 60.7 Å². The molecule has 122 valence electrons. The molecule has 0 bridgehead atoms.